The largest absolute Gasteiger partial charge is 0.393 e. The van der Waals surface area contributed by atoms with Gasteiger partial charge in [-0.3, -0.25) is 0 Å². The number of hydrogen-bond donors (Lipinski definition) is 2. The Morgan fingerprint density at radius 3 is 3.00 bits per heavy atom. The van der Waals surface area contributed by atoms with E-state index < -0.39 is 0 Å². The molecule has 2 rings (SSSR count). The van der Waals surface area contributed by atoms with Gasteiger partial charge in [-0.05, 0) is 30.4 Å². The fourth-order valence-electron chi connectivity index (χ4n) is 2.50. The van der Waals surface area contributed by atoms with Crippen molar-refractivity contribution in [1.29, 1.82) is 5.26 Å². The zero-order valence-electron chi connectivity index (χ0n) is 10.2. The molecule has 4 nitrogen and oxygen atoms in total. The summed E-state index contributed by atoms with van der Waals surface area (Å²) in [6, 6.07) is 4.05. The lowest BCUT2D eigenvalue weighted by Crippen LogP contribution is -2.27. The van der Waals surface area contributed by atoms with Gasteiger partial charge in [0.25, 0.3) is 0 Å². The van der Waals surface area contributed by atoms with E-state index in [2.05, 4.69) is 11.4 Å². The topological polar surface area (TPSA) is 61.0 Å². The maximum absolute atomic E-state index is 9.69. The monoisotopic (exact) mass is 233 g/mol. The molecular formula is C13H19N3O. The van der Waals surface area contributed by atoms with Gasteiger partial charge in [0.15, 0.2) is 0 Å². The van der Waals surface area contributed by atoms with E-state index in [0.29, 0.717) is 11.6 Å². The smallest absolute Gasteiger partial charge is 0.120 e. The summed E-state index contributed by atoms with van der Waals surface area (Å²) in [5.74, 6) is 0.397. The average Bonchev–Trinajstić information content (AvgIpc) is 2.86. The lowest BCUT2D eigenvalue weighted by Gasteiger charge is -2.14. The number of aryl methyl sites for hydroxylation is 1. The Labute approximate surface area is 102 Å². The fourth-order valence-corrected chi connectivity index (χ4v) is 2.50. The predicted molar refractivity (Wildman–Crippen MR) is 65.2 cm³/mol. The third-order valence-electron chi connectivity index (χ3n) is 3.53. The highest BCUT2D eigenvalue weighted by molar-refractivity contribution is 5.28. The minimum Gasteiger partial charge on any atom is -0.393 e. The summed E-state index contributed by atoms with van der Waals surface area (Å²) in [6.07, 6.45) is 5.03. The molecule has 0 aliphatic heterocycles. The van der Waals surface area contributed by atoms with E-state index in [0.717, 1.165) is 37.9 Å². The van der Waals surface area contributed by atoms with E-state index in [1.54, 1.807) is 0 Å². The number of nitrogens with one attached hydrogen (secondary N) is 1. The molecule has 17 heavy (non-hydrogen) atoms. The number of nitriles is 1. The number of aliphatic hydroxyl groups excluding tert-OH is 1. The van der Waals surface area contributed by atoms with Crippen LogP contribution >= 0.6 is 0 Å². The van der Waals surface area contributed by atoms with Crippen LogP contribution in [0.3, 0.4) is 0 Å². The molecule has 2 atom stereocenters. The van der Waals surface area contributed by atoms with Crippen LogP contribution < -0.4 is 5.32 Å². The fraction of sp³-hybridized carbons (Fsp3) is 0.615. The van der Waals surface area contributed by atoms with Crippen LogP contribution in [-0.4, -0.2) is 22.3 Å². The van der Waals surface area contributed by atoms with E-state index in [4.69, 9.17) is 5.26 Å². The highest BCUT2D eigenvalue weighted by Gasteiger charge is 2.24. The SMILES string of the molecule is Cn1cc(CNCC2CCCC2O)cc1C#N. The van der Waals surface area contributed by atoms with Crippen LogP contribution in [0, 0.1) is 17.2 Å². The van der Waals surface area contributed by atoms with Crippen molar-refractivity contribution in [2.75, 3.05) is 6.54 Å². The molecule has 1 fully saturated rings. The first-order chi connectivity index (χ1) is 8.20. The van der Waals surface area contributed by atoms with Gasteiger partial charge in [-0.2, -0.15) is 5.26 Å². The van der Waals surface area contributed by atoms with Crippen molar-refractivity contribution in [3.05, 3.63) is 23.5 Å². The van der Waals surface area contributed by atoms with Crippen LogP contribution in [0.2, 0.25) is 0 Å². The summed E-state index contributed by atoms with van der Waals surface area (Å²) >= 11 is 0. The number of aliphatic hydroxyl groups is 1. The molecule has 0 radical (unpaired) electrons. The standard InChI is InChI=1S/C13H19N3O/c1-16-9-10(5-12(16)6-14)7-15-8-11-3-2-4-13(11)17/h5,9,11,13,15,17H,2-4,7-8H2,1H3. The normalized spacial score (nSPS) is 23.8. The molecule has 92 valence electrons. The summed E-state index contributed by atoms with van der Waals surface area (Å²) < 4.78 is 1.83. The van der Waals surface area contributed by atoms with Gasteiger partial charge in [0.05, 0.1) is 6.10 Å². The third-order valence-corrected chi connectivity index (χ3v) is 3.53. The molecule has 0 amide bonds. The maximum Gasteiger partial charge on any atom is 0.120 e. The van der Waals surface area contributed by atoms with Crippen molar-refractivity contribution in [1.82, 2.24) is 9.88 Å². The zero-order valence-corrected chi connectivity index (χ0v) is 10.2. The molecule has 2 unspecified atom stereocenters. The minimum absolute atomic E-state index is 0.132. The van der Waals surface area contributed by atoms with Gasteiger partial charge in [-0.25, -0.2) is 0 Å². The van der Waals surface area contributed by atoms with Crippen LogP contribution in [0.5, 0.6) is 0 Å². The Morgan fingerprint density at radius 1 is 1.59 bits per heavy atom. The Morgan fingerprint density at radius 2 is 2.41 bits per heavy atom. The van der Waals surface area contributed by atoms with E-state index >= 15 is 0 Å². The predicted octanol–water partition coefficient (Wildman–Crippen LogP) is 1.15. The second kappa shape index (κ2) is 5.35. The van der Waals surface area contributed by atoms with Gasteiger partial charge in [0.1, 0.15) is 11.8 Å². The third kappa shape index (κ3) is 2.87. The van der Waals surface area contributed by atoms with Gasteiger partial charge in [0, 0.05) is 26.3 Å². The first-order valence-corrected chi connectivity index (χ1v) is 6.15. The molecule has 0 saturated heterocycles. The van der Waals surface area contributed by atoms with Gasteiger partial charge >= 0.3 is 0 Å². The van der Waals surface area contributed by atoms with E-state index in [1.165, 1.54) is 0 Å². The lowest BCUT2D eigenvalue weighted by atomic mass is 10.1. The van der Waals surface area contributed by atoms with Crippen molar-refractivity contribution < 1.29 is 5.11 Å². The molecule has 0 bridgehead atoms. The molecule has 0 spiro atoms. The molecule has 1 heterocycles. The van der Waals surface area contributed by atoms with Crippen LogP contribution in [-0.2, 0) is 13.6 Å². The first-order valence-electron chi connectivity index (χ1n) is 6.15. The molecule has 0 aromatic carbocycles. The van der Waals surface area contributed by atoms with Crippen molar-refractivity contribution in [3.63, 3.8) is 0 Å². The Bertz CT molecular complexity index is 419. The van der Waals surface area contributed by atoms with Crippen molar-refractivity contribution >= 4 is 0 Å². The van der Waals surface area contributed by atoms with Crippen LogP contribution in [0.1, 0.15) is 30.5 Å². The number of rotatable bonds is 4. The highest BCUT2D eigenvalue weighted by Crippen LogP contribution is 2.24. The van der Waals surface area contributed by atoms with Crippen molar-refractivity contribution in [2.45, 2.75) is 31.9 Å². The van der Waals surface area contributed by atoms with E-state index in [1.807, 2.05) is 23.9 Å². The molecule has 2 N–H and O–H groups in total. The zero-order chi connectivity index (χ0) is 12.3. The Balaban J connectivity index is 1.80. The average molecular weight is 233 g/mol. The molecule has 1 aliphatic rings. The van der Waals surface area contributed by atoms with Crippen LogP contribution in [0.25, 0.3) is 0 Å². The number of aromatic nitrogens is 1. The molecular weight excluding hydrogens is 214 g/mol. The molecule has 4 heteroatoms. The van der Waals surface area contributed by atoms with Crippen molar-refractivity contribution in [2.24, 2.45) is 13.0 Å². The van der Waals surface area contributed by atoms with E-state index in [-0.39, 0.29) is 6.10 Å². The van der Waals surface area contributed by atoms with E-state index in [9.17, 15) is 5.11 Å². The van der Waals surface area contributed by atoms with Gasteiger partial charge in [-0.1, -0.05) is 6.42 Å². The second-order valence-electron chi connectivity index (χ2n) is 4.85. The molecule has 1 aromatic rings. The molecule has 1 saturated carbocycles. The summed E-state index contributed by atoms with van der Waals surface area (Å²) in [7, 11) is 1.88. The second-order valence-corrected chi connectivity index (χ2v) is 4.85. The highest BCUT2D eigenvalue weighted by atomic mass is 16.3. The van der Waals surface area contributed by atoms with Gasteiger partial charge < -0.3 is 15.0 Å². The summed E-state index contributed by atoms with van der Waals surface area (Å²) in [4.78, 5) is 0. The first kappa shape index (κ1) is 12.2. The quantitative estimate of drug-likeness (QED) is 0.820. The Kier molecular flexibility index (Phi) is 3.82. The summed E-state index contributed by atoms with van der Waals surface area (Å²) in [5.41, 5.74) is 1.80. The Hall–Kier alpha value is -1.31. The van der Waals surface area contributed by atoms with Gasteiger partial charge in [0.2, 0.25) is 0 Å². The molecule has 1 aliphatic carbocycles. The van der Waals surface area contributed by atoms with Crippen molar-refractivity contribution in [3.8, 4) is 6.07 Å². The summed E-state index contributed by atoms with van der Waals surface area (Å²) in [5, 5.41) is 21.9. The minimum atomic E-state index is -0.132. The number of hydrogen-bond acceptors (Lipinski definition) is 3. The number of nitrogens with zero attached hydrogens (tertiary/aromatic N) is 2. The van der Waals surface area contributed by atoms with Crippen LogP contribution in [0.4, 0.5) is 0 Å². The molecule has 1 aromatic heterocycles. The van der Waals surface area contributed by atoms with Crippen LogP contribution in [0.15, 0.2) is 12.3 Å². The lowest BCUT2D eigenvalue weighted by molar-refractivity contribution is 0.131. The maximum atomic E-state index is 9.69. The summed E-state index contributed by atoms with van der Waals surface area (Å²) in [6.45, 7) is 1.62. The van der Waals surface area contributed by atoms with Gasteiger partial charge in [-0.15, -0.1) is 0 Å².